The van der Waals surface area contributed by atoms with E-state index in [0.29, 0.717) is 16.8 Å². The Kier molecular flexibility index (Phi) is 3.18. The highest BCUT2D eigenvalue weighted by atomic mass is 79.9. The second-order valence-electron chi connectivity index (χ2n) is 3.82. The Labute approximate surface area is 113 Å². The van der Waals surface area contributed by atoms with Crippen LogP contribution in [-0.4, -0.2) is 9.78 Å². The molecule has 0 saturated heterocycles. The normalized spacial score (nSPS) is 9.83. The van der Waals surface area contributed by atoms with Crippen LogP contribution in [0.25, 0.3) is 5.69 Å². The second kappa shape index (κ2) is 4.64. The van der Waals surface area contributed by atoms with Crippen LogP contribution in [0.4, 0.5) is 0 Å². The summed E-state index contributed by atoms with van der Waals surface area (Å²) < 4.78 is 2.59. The largest absolute Gasteiger partial charge is 0.235 e. The Bertz CT molecular complexity index is 701. The summed E-state index contributed by atoms with van der Waals surface area (Å²) in [6, 6.07) is 9.25. The lowest BCUT2D eigenvalue weighted by Gasteiger charge is -2.07. The molecule has 0 fully saturated rings. The number of aromatic nitrogens is 2. The Morgan fingerprint density at radius 1 is 1.22 bits per heavy atom. The van der Waals surface area contributed by atoms with Crippen molar-refractivity contribution in [2.75, 3.05) is 0 Å². The smallest absolute Gasteiger partial charge is 0.103 e. The van der Waals surface area contributed by atoms with Crippen LogP contribution in [0.1, 0.15) is 22.5 Å². The maximum atomic E-state index is 9.20. The highest BCUT2D eigenvalue weighted by molar-refractivity contribution is 9.10. The summed E-state index contributed by atoms with van der Waals surface area (Å²) in [7, 11) is 0. The van der Waals surface area contributed by atoms with Crippen molar-refractivity contribution in [3.05, 3.63) is 45.2 Å². The summed E-state index contributed by atoms with van der Waals surface area (Å²) in [5.74, 6) is 0. The lowest BCUT2D eigenvalue weighted by atomic mass is 10.1. The molecule has 0 amide bonds. The van der Waals surface area contributed by atoms with Crippen molar-refractivity contribution in [2.24, 2.45) is 0 Å². The maximum absolute atomic E-state index is 9.20. The zero-order chi connectivity index (χ0) is 13.3. The van der Waals surface area contributed by atoms with Crippen LogP contribution in [0, 0.1) is 36.5 Å². The van der Waals surface area contributed by atoms with Gasteiger partial charge in [-0.05, 0) is 41.9 Å². The highest BCUT2D eigenvalue weighted by Crippen LogP contribution is 2.25. The summed E-state index contributed by atoms with van der Waals surface area (Å²) in [6.45, 7) is 3.79. The molecule has 0 unspecified atom stereocenters. The van der Waals surface area contributed by atoms with E-state index in [1.807, 2.05) is 19.9 Å². The molecule has 2 aromatic rings. The van der Waals surface area contributed by atoms with Crippen LogP contribution in [0.3, 0.4) is 0 Å². The molecular weight excluding hydrogens is 292 g/mol. The van der Waals surface area contributed by atoms with Gasteiger partial charge in [0.1, 0.15) is 12.1 Å². The number of aryl methyl sites for hydroxylation is 1. The molecule has 88 valence electrons. The fraction of sp³-hybridized carbons (Fsp3) is 0.154. The van der Waals surface area contributed by atoms with Crippen molar-refractivity contribution in [2.45, 2.75) is 13.8 Å². The summed E-state index contributed by atoms with van der Waals surface area (Å²) in [5, 5.41) is 22.6. The zero-order valence-corrected chi connectivity index (χ0v) is 11.5. The molecule has 18 heavy (non-hydrogen) atoms. The van der Waals surface area contributed by atoms with Gasteiger partial charge in [-0.3, -0.25) is 0 Å². The molecule has 0 spiro atoms. The minimum absolute atomic E-state index is 0.345. The molecule has 0 atom stereocenters. The van der Waals surface area contributed by atoms with Gasteiger partial charge in [0.15, 0.2) is 0 Å². The molecule has 0 aliphatic rings. The van der Waals surface area contributed by atoms with Crippen molar-refractivity contribution >= 4 is 15.9 Å². The van der Waals surface area contributed by atoms with E-state index in [4.69, 9.17) is 5.26 Å². The SMILES string of the molecule is Cc1nn(-c2cccc(C#N)c2C#N)c(C)c1Br. The van der Waals surface area contributed by atoms with Gasteiger partial charge in [0.25, 0.3) is 0 Å². The Balaban J connectivity index is 2.77. The number of halogens is 1. The van der Waals surface area contributed by atoms with Crippen molar-refractivity contribution in [1.29, 1.82) is 10.5 Å². The summed E-state index contributed by atoms with van der Waals surface area (Å²) >= 11 is 3.45. The van der Waals surface area contributed by atoms with Gasteiger partial charge >= 0.3 is 0 Å². The minimum atomic E-state index is 0.345. The second-order valence-corrected chi connectivity index (χ2v) is 4.61. The molecule has 0 saturated carbocycles. The summed E-state index contributed by atoms with van der Waals surface area (Å²) in [4.78, 5) is 0. The van der Waals surface area contributed by atoms with Gasteiger partial charge in [0, 0.05) is 0 Å². The molecule has 4 nitrogen and oxygen atoms in total. The van der Waals surface area contributed by atoms with Crippen LogP contribution < -0.4 is 0 Å². The van der Waals surface area contributed by atoms with Gasteiger partial charge in [0.2, 0.25) is 0 Å². The molecule has 0 aliphatic heterocycles. The molecule has 1 aromatic heterocycles. The van der Waals surface area contributed by atoms with E-state index in [1.165, 1.54) is 0 Å². The van der Waals surface area contributed by atoms with Crippen LogP contribution in [-0.2, 0) is 0 Å². The first-order chi connectivity index (χ1) is 8.60. The number of nitriles is 2. The molecule has 1 heterocycles. The average Bonchev–Trinajstić information content (AvgIpc) is 2.65. The number of hydrogen-bond donors (Lipinski definition) is 0. The van der Waals surface area contributed by atoms with Gasteiger partial charge in [0.05, 0.1) is 32.7 Å². The molecular formula is C13H9BrN4. The molecule has 0 radical (unpaired) electrons. The van der Waals surface area contributed by atoms with Gasteiger partial charge in [-0.1, -0.05) is 6.07 Å². The third kappa shape index (κ3) is 1.79. The van der Waals surface area contributed by atoms with Crippen molar-refractivity contribution < 1.29 is 0 Å². The average molecular weight is 301 g/mol. The van der Waals surface area contributed by atoms with Crippen LogP contribution in [0.5, 0.6) is 0 Å². The third-order valence-corrected chi connectivity index (χ3v) is 3.85. The van der Waals surface area contributed by atoms with Crippen LogP contribution in [0.2, 0.25) is 0 Å². The van der Waals surface area contributed by atoms with E-state index in [0.717, 1.165) is 15.9 Å². The molecule has 0 aliphatic carbocycles. The molecule has 5 heteroatoms. The zero-order valence-electron chi connectivity index (χ0n) is 9.90. The quantitative estimate of drug-likeness (QED) is 0.813. The van der Waals surface area contributed by atoms with E-state index < -0.39 is 0 Å². The predicted octanol–water partition coefficient (Wildman–Crippen LogP) is 3.00. The first kappa shape index (κ1) is 12.3. The Morgan fingerprint density at radius 2 is 1.94 bits per heavy atom. The van der Waals surface area contributed by atoms with Crippen LogP contribution in [0.15, 0.2) is 22.7 Å². The maximum Gasteiger partial charge on any atom is 0.103 e. The van der Waals surface area contributed by atoms with E-state index in [2.05, 4.69) is 27.1 Å². The first-order valence-electron chi connectivity index (χ1n) is 5.25. The number of hydrogen-bond acceptors (Lipinski definition) is 3. The van der Waals surface area contributed by atoms with Gasteiger partial charge in [-0.2, -0.15) is 15.6 Å². The van der Waals surface area contributed by atoms with Crippen molar-refractivity contribution in [1.82, 2.24) is 9.78 Å². The van der Waals surface area contributed by atoms with Gasteiger partial charge in [-0.15, -0.1) is 0 Å². The Hall–Kier alpha value is -2.11. The standard InChI is InChI=1S/C13H9BrN4/c1-8-13(14)9(2)18(17-8)12-5-3-4-10(6-15)11(12)7-16/h3-5H,1-2H3. The molecule has 0 N–H and O–H groups in total. The lowest BCUT2D eigenvalue weighted by Crippen LogP contribution is -2.03. The topological polar surface area (TPSA) is 65.4 Å². The van der Waals surface area contributed by atoms with Crippen molar-refractivity contribution in [3.8, 4) is 17.8 Å². The van der Waals surface area contributed by atoms with E-state index in [9.17, 15) is 5.26 Å². The van der Waals surface area contributed by atoms with E-state index in [-0.39, 0.29) is 0 Å². The van der Waals surface area contributed by atoms with Crippen molar-refractivity contribution in [3.63, 3.8) is 0 Å². The predicted molar refractivity (Wildman–Crippen MR) is 70.2 cm³/mol. The first-order valence-corrected chi connectivity index (χ1v) is 6.04. The Morgan fingerprint density at radius 3 is 2.44 bits per heavy atom. The minimum Gasteiger partial charge on any atom is -0.235 e. The fourth-order valence-electron chi connectivity index (χ4n) is 1.79. The monoisotopic (exact) mass is 300 g/mol. The van der Waals surface area contributed by atoms with Crippen LogP contribution >= 0.6 is 15.9 Å². The lowest BCUT2D eigenvalue weighted by molar-refractivity contribution is 0.830. The number of benzene rings is 1. The van der Waals surface area contributed by atoms with E-state index >= 15 is 0 Å². The summed E-state index contributed by atoms with van der Waals surface area (Å²) in [6.07, 6.45) is 0. The van der Waals surface area contributed by atoms with Gasteiger partial charge < -0.3 is 0 Å². The number of nitrogens with zero attached hydrogens (tertiary/aromatic N) is 4. The molecule has 0 bridgehead atoms. The number of rotatable bonds is 1. The summed E-state index contributed by atoms with van der Waals surface area (Å²) in [5.41, 5.74) is 3.08. The van der Waals surface area contributed by atoms with E-state index in [1.54, 1.807) is 22.9 Å². The molecule has 1 aromatic carbocycles. The third-order valence-electron chi connectivity index (χ3n) is 2.71. The molecule has 2 rings (SSSR count). The fourth-order valence-corrected chi connectivity index (χ4v) is 2.03. The highest BCUT2D eigenvalue weighted by Gasteiger charge is 2.15. The van der Waals surface area contributed by atoms with Gasteiger partial charge in [-0.25, -0.2) is 4.68 Å².